The molecular formula is C15H25N5. The van der Waals surface area contributed by atoms with Crippen molar-refractivity contribution in [2.24, 2.45) is 22.2 Å². The Kier molecular flexibility index (Phi) is 10.6. The lowest BCUT2D eigenvalue weighted by molar-refractivity contribution is 0.806. The normalized spacial score (nSPS) is 8.75. The van der Waals surface area contributed by atoms with Crippen LogP contribution in [0.2, 0.25) is 0 Å². The molecule has 0 saturated heterocycles. The van der Waals surface area contributed by atoms with E-state index in [1.54, 1.807) is 0 Å². The quantitative estimate of drug-likeness (QED) is 0.452. The van der Waals surface area contributed by atoms with Crippen LogP contribution in [0, 0.1) is 0 Å². The van der Waals surface area contributed by atoms with E-state index in [2.05, 4.69) is 34.8 Å². The molecule has 5 nitrogen and oxygen atoms in total. The van der Waals surface area contributed by atoms with Crippen LogP contribution < -0.4 is 17.2 Å². The second-order valence-electron chi connectivity index (χ2n) is 3.86. The topological polar surface area (TPSA) is 103 Å². The summed E-state index contributed by atoms with van der Waals surface area (Å²) in [7, 11) is 1.50. The summed E-state index contributed by atoms with van der Waals surface area (Å²) in [5, 5.41) is 1.20. The second-order valence-corrected chi connectivity index (χ2v) is 3.86. The van der Waals surface area contributed by atoms with Crippen LogP contribution in [0.5, 0.6) is 0 Å². The molecule has 20 heavy (non-hydrogen) atoms. The number of nitrogens with zero attached hydrogens (tertiary/aromatic N) is 2. The van der Waals surface area contributed by atoms with Gasteiger partial charge in [-0.1, -0.05) is 37.6 Å². The molecule has 0 unspecified atom stereocenters. The van der Waals surface area contributed by atoms with Crippen molar-refractivity contribution in [2.75, 3.05) is 13.6 Å². The second kappa shape index (κ2) is 11.9. The molecule has 0 fully saturated rings. The molecule has 1 aromatic carbocycles. The summed E-state index contributed by atoms with van der Waals surface area (Å²) in [6, 6.07) is 12.1. The Morgan fingerprint density at radius 1 is 1.10 bits per heavy atom. The number of aromatic nitrogens is 1. The molecular weight excluding hydrogens is 250 g/mol. The van der Waals surface area contributed by atoms with E-state index in [9.17, 15) is 0 Å². The predicted octanol–water partition coefficient (Wildman–Crippen LogP) is 1.87. The minimum absolute atomic E-state index is 0.193. The van der Waals surface area contributed by atoms with Crippen LogP contribution in [0.15, 0.2) is 47.6 Å². The Balaban J connectivity index is 0.000000330. The van der Waals surface area contributed by atoms with Crippen LogP contribution in [0.4, 0.5) is 0 Å². The third-order valence-corrected chi connectivity index (χ3v) is 2.32. The van der Waals surface area contributed by atoms with Crippen molar-refractivity contribution in [3.8, 4) is 0 Å². The maximum Gasteiger partial charge on any atom is 0.185 e. The first-order valence-corrected chi connectivity index (χ1v) is 6.67. The highest BCUT2D eigenvalue weighted by molar-refractivity contribution is 5.77. The predicted molar refractivity (Wildman–Crippen MR) is 87.4 cm³/mol. The molecule has 1 heterocycles. The molecule has 2 aromatic rings. The van der Waals surface area contributed by atoms with E-state index >= 15 is 0 Å². The number of fused-ring (bicyclic) bond motifs is 1. The summed E-state index contributed by atoms with van der Waals surface area (Å²) >= 11 is 0. The first kappa shape index (κ1) is 17.9. The maximum atomic E-state index is 5.06. The SMILES string of the molecule is CCCCN=C(N)N.CN.c1ccc2ncccc2c1. The summed E-state index contributed by atoms with van der Waals surface area (Å²) in [5.74, 6) is 0.193. The molecule has 0 aliphatic rings. The van der Waals surface area contributed by atoms with Crippen LogP contribution in [0.25, 0.3) is 10.9 Å². The van der Waals surface area contributed by atoms with E-state index in [0.717, 1.165) is 24.9 Å². The highest BCUT2D eigenvalue weighted by Gasteiger charge is 1.86. The summed E-state index contributed by atoms with van der Waals surface area (Å²) in [4.78, 5) is 7.97. The van der Waals surface area contributed by atoms with Gasteiger partial charge in [-0.15, -0.1) is 0 Å². The van der Waals surface area contributed by atoms with Crippen molar-refractivity contribution in [2.45, 2.75) is 19.8 Å². The van der Waals surface area contributed by atoms with Crippen molar-refractivity contribution in [3.05, 3.63) is 42.6 Å². The molecule has 0 atom stereocenters. The van der Waals surface area contributed by atoms with Gasteiger partial charge in [0.2, 0.25) is 0 Å². The zero-order valence-electron chi connectivity index (χ0n) is 12.3. The molecule has 1 aromatic heterocycles. The largest absolute Gasteiger partial charge is 0.370 e. The molecule has 110 valence electrons. The number of pyridine rings is 1. The lowest BCUT2D eigenvalue weighted by atomic mass is 10.2. The zero-order chi connectivity index (χ0) is 15.2. The number of benzene rings is 1. The van der Waals surface area contributed by atoms with E-state index in [1.807, 2.05) is 30.5 Å². The first-order chi connectivity index (χ1) is 9.74. The van der Waals surface area contributed by atoms with Gasteiger partial charge in [-0.25, -0.2) is 0 Å². The summed E-state index contributed by atoms with van der Waals surface area (Å²) in [6.07, 6.45) is 4.01. The summed E-state index contributed by atoms with van der Waals surface area (Å²) in [5.41, 5.74) is 15.7. The lowest BCUT2D eigenvalue weighted by Crippen LogP contribution is -2.22. The number of para-hydroxylation sites is 1. The third kappa shape index (κ3) is 8.05. The standard InChI is InChI=1S/C9H7N.C5H13N3.CH5N/c1-2-6-9-8(4-1)5-3-7-10-9;1-2-3-4-8-5(6)7;1-2/h1-7H;2-4H2,1H3,(H4,6,7,8);2H2,1H3. The Hall–Kier alpha value is -2.14. The number of hydrogen-bond acceptors (Lipinski definition) is 3. The fraction of sp³-hybridized carbons (Fsp3) is 0.333. The Bertz CT molecular complexity index is 427. The minimum Gasteiger partial charge on any atom is -0.370 e. The van der Waals surface area contributed by atoms with Gasteiger partial charge in [0.05, 0.1) is 5.52 Å². The van der Waals surface area contributed by atoms with Gasteiger partial charge in [-0.3, -0.25) is 9.98 Å². The molecule has 0 bridgehead atoms. The van der Waals surface area contributed by atoms with Crippen molar-refractivity contribution in [1.82, 2.24) is 4.98 Å². The highest BCUT2D eigenvalue weighted by atomic mass is 15.0. The number of hydrogen-bond donors (Lipinski definition) is 3. The number of guanidine groups is 1. The molecule has 0 aliphatic carbocycles. The van der Waals surface area contributed by atoms with Gasteiger partial charge in [0.25, 0.3) is 0 Å². The Morgan fingerprint density at radius 3 is 2.35 bits per heavy atom. The van der Waals surface area contributed by atoms with Gasteiger partial charge >= 0.3 is 0 Å². The van der Waals surface area contributed by atoms with Gasteiger partial charge in [-0.2, -0.15) is 0 Å². The molecule has 6 N–H and O–H groups in total. The number of rotatable bonds is 3. The van der Waals surface area contributed by atoms with Gasteiger partial charge in [-0.05, 0) is 25.6 Å². The zero-order valence-corrected chi connectivity index (χ0v) is 12.3. The van der Waals surface area contributed by atoms with E-state index in [-0.39, 0.29) is 5.96 Å². The van der Waals surface area contributed by atoms with Crippen LogP contribution >= 0.6 is 0 Å². The summed E-state index contributed by atoms with van der Waals surface area (Å²) < 4.78 is 0. The molecule has 0 aliphatic heterocycles. The number of aliphatic imine (C=N–C) groups is 1. The summed E-state index contributed by atoms with van der Waals surface area (Å²) in [6.45, 7) is 2.86. The fourth-order valence-electron chi connectivity index (χ4n) is 1.38. The van der Waals surface area contributed by atoms with Gasteiger partial charge in [0.1, 0.15) is 0 Å². The molecule has 0 radical (unpaired) electrons. The Morgan fingerprint density at radius 2 is 1.75 bits per heavy atom. The third-order valence-electron chi connectivity index (χ3n) is 2.32. The van der Waals surface area contributed by atoms with E-state index in [1.165, 1.54) is 12.4 Å². The average molecular weight is 275 g/mol. The molecule has 0 amide bonds. The fourth-order valence-corrected chi connectivity index (χ4v) is 1.38. The van der Waals surface area contributed by atoms with E-state index < -0.39 is 0 Å². The smallest absolute Gasteiger partial charge is 0.185 e. The monoisotopic (exact) mass is 275 g/mol. The van der Waals surface area contributed by atoms with E-state index in [0.29, 0.717) is 0 Å². The molecule has 5 heteroatoms. The molecule has 0 saturated carbocycles. The van der Waals surface area contributed by atoms with Crippen molar-refractivity contribution < 1.29 is 0 Å². The minimum atomic E-state index is 0.193. The van der Waals surface area contributed by atoms with E-state index in [4.69, 9.17) is 11.5 Å². The lowest BCUT2D eigenvalue weighted by Gasteiger charge is -1.91. The van der Waals surface area contributed by atoms with Crippen molar-refractivity contribution in [1.29, 1.82) is 0 Å². The van der Waals surface area contributed by atoms with Crippen molar-refractivity contribution in [3.63, 3.8) is 0 Å². The van der Waals surface area contributed by atoms with Crippen LogP contribution in [-0.2, 0) is 0 Å². The highest BCUT2D eigenvalue weighted by Crippen LogP contribution is 2.07. The molecule has 0 spiro atoms. The van der Waals surface area contributed by atoms with Crippen LogP contribution in [-0.4, -0.2) is 24.5 Å². The van der Waals surface area contributed by atoms with Gasteiger partial charge in [0.15, 0.2) is 5.96 Å². The van der Waals surface area contributed by atoms with Crippen molar-refractivity contribution >= 4 is 16.9 Å². The van der Waals surface area contributed by atoms with Gasteiger partial charge < -0.3 is 17.2 Å². The number of nitrogens with two attached hydrogens (primary N) is 3. The maximum absolute atomic E-state index is 5.06. The van der Waals surface area contributed by atoms with Crippen LogP contribution in [0.3, 0.4) is 0 Å². The Labute approximate surface area is 120 Å². The average Bonchev–Trinajstić information content (AvgIpc) is 2.50. The molecule has 2 rings (SSSR count). The number of unbranched alkanes of at least 4 members (excludes halogenated alkanes) is 1. The first-order valence-electron chi connectivity index (χ1n) is 6.67. The van der Waals surface area contributed by atoms with Gasteiger partial charge in [0, 0.05) is 18.1 Å². The van der Waals surface area contributed by atoms with Crippen LogP contribution in [0.1, 0.15) is 19.8 Å².